The van der Waals surface area contributed by atoms with Crippen LogP contribution in [-0.4, -0.2) is 41.6 Å². The lowest BCUT2D eigenvalue weighted by Crippen LogP contribution is -2.35. The number of pyridine rings is 1. The molecule has 1 saturated heterocycles. The molecule has 3 atom stereocenters. The first kappa shape index (κ1) is 17.6. The fourth-order valence-corrected chi connectivity index (χ4v) is 2.97. The van der Waals surface area contributed by atoms with E-state index in [2.05, 4.69) is 15.6 Å². The van der Waals surface area contributed by atoms with Crippen molar-refractivity contribution in [3.05, 3.63) is 29.6 Å². The van der Waals surface area contributed by atoms with E-state index >= 15 is 0 Å². The van der Waals surface area contributed by atoms with Crippen LogP contribution in [0, 0.1) is 5.92 Å². The molecule has 0 aromatic carbocycles. The summed E-state index contributed by atoms with van der Waals surface area (Å²) in [6.07, 6.45) is 2.07. The summed E-state index contributed by atoms with van der Waals surface area (Å²) in [5, 5.41) is 5.06. The number of nitrogens with zero attached hydrogens (tertiary/aromatic N) is 1. The zero-order chi connectivity index (χ0) is 17.9. The molecule has 24 heavy (non-hydrogen) atoms. The van der Waals surface area contributed by atoms with Gasteiger partial charge in [-0.05, 0) is 31.9 Å². The monoisotopic (exact) mass is 332 g/mol. The third kappa shape index (κ3) is 3.58. The number of hydrogen-bond acceptors (Lipinski definition) is 5. The van der Waals surface area contributed by atoms with E-state index in [4.69, 9.17) is 5.73 Å². The lowest BCUT2D eigenvalue weighted by atomic mass is 9.85. The van der Waals surface area contributed by atoms with Crippen molar-refractivity contribution < 1.29 is 19.2 Å². The molecule has 3 amide bonds. The molecule has 0 aliphatic carbocycles. The van der Waals surface area contributed by atoms with Gasteiger partial charge in [-0.3, -0.25) is 24.2 Å². The Morgan fingerprint density at radius 1 is 1.46 bits per heavy atom. The summed E-state index contributed by atoms with van der Waals surface area (Å²) in [5.41, 5.74) is 5.55. The maximum atomic E-state index is 12.5. The molecular weight excluding hydrogens is 312 g/mol. The third-order valence-electron chi connectivity index (χ3n) is 4.12. The Labute approximate surface area is 139 Å². The van der Waals surface area contributed by atoms with Gasteiger partial charge < -0.3 is 16.4 Å². The number of carbonyl (C=O) groups is 4. The summed E-state index contributed by atoms with van der Waals surface area (Å²) in [6.45, 7) is 1.86. The summed E-state index contributed by atoms with van der Waals surface area (Å²) in [4.78, 5) is 52.0. The molecule has 2 rings (SSSR count). The first-order valence-corrected chi connectivity index (χ1v) is 7.66. The van der Waals surface area contributed by atoms with Crippen molar-refractivity contribution >= 4 is 23.5 Å². The number of hydrogen-bond donors (Lipinski definition) is 3. The number of amides is 3. The van der Waals surface area contributed by atoms with E-state index in [1.807, 2.05) is 6.92 Å². The van der Waals surface area contributed by atoms with Gasteiger partial charge in [0, 0.05) is 25.2 Å². The summed E-state index contributed by atoms with van der Waals surface area (Å²) in [7, 11) is 1.34. The third-order valence-corrected chi connectivity index (χ3v) is 4.12. The molecule has 8 heteroatoms. The van der Waals surface area contributed by atoms with Crippen LogP contribution in [0.1, 0.15) is 41.7 Å². The van der Waals surface area contributed by atoms with E-state index in [1.165, 1.54) is 25.4 Å². The second kappa shape index (κ2) is 7.20. The highest BCUT2D eigenvalue weighted by Gasteiger charge is 2.37. The fraction of sp³-hybridized carbons (Fsp3) is 0.438. The Morgan fingerprint density at radius 3 is 2.71 bits per heavy atom. The largest absolute Gasteiger partial charge is 0.366 e. The zero-order valence-electron chi connectivity index (χ0n) is 13.5. The molecule has 0 spiro atoms. The minimum absolute atomic E-state index is 0.00222. The molecule has 0 bridgehead atoms. The Hall–Kier alpha value is -2.77. The molecule has 128 valence electrons. The van der Waals surface area contributed by atoms with Gasteiger partial charge in [-0.25, -0.2) is 0 Å². The average molecular weight is 332 g/mol. The van der Waals surface area contributed by atoms with E-state index < -0.39 is 29.4 Å². The van der Waals surface area contributed by atoms with Crippen molar-refractivity contribution in [1.82, 2.24) is 15.6 Å². The zero-order valence-corrected chi connectivity index (χ0v) is 13.5. The van der Waals surface area contributed by atoms with Gasteiger partial charge in [-0.15, -0.1) is 0 Å². The minimum atomic E-state index is -1.00. The maximum Gasteiger partial charge on any atom is 0.287 e. The minimum Gasteiger partial charge on any atom is -0.366 e. The number of nitrogens with two attached hydrogens (primary N) is 1. The number of nitrogens with one attached hydrogen (secondary N) is 2. The predicted octanol–water partition coefficient (Wildman–Crippen LogP) is -0.506. The molecule has 2 heterocycles. The van der Waals surface area contributed by atoms with Gasteiger partial charge in [0.05, 0.1) is 17.2 Å². The van der Waals surface area contributed by atoms with Crippen LogP contribution in [0.25, 0.3) is 0 Å². The van der Waals surface area contributed by atoms with Gasteiger partial charge >= 0.3 is 0 Å². The Morgan fingerprint density at radius 2 is 2.17 bits per heavy atom. The van der Waals surface area contributed by atoms with Gasteiger partial charge in [0.25, 0.3) is 11.8 Å². The van der Waals surface area contributed by atoms with Crippen molar-refractivity contribution in [1.29, 1.82) is 0 Å². The molecule has 1 aliphatic heterocycles. The van der Waals surface area contributed by atoms with Crippen LogP contribution in [0.5, 0.6) is 0 Å². The van der Waals surface area contributed by atoms with Crippen molar-refractivity contribution in [3.63, 3.8) is 0 Å². The second-order valence-electron chi connectivity index (χ2n) is 5.87. The van der Waals surface area contributed by atoms with E-state index in [1.54, 1.807) is 0 Å². The number of ketones is 1. The van der Waals surface area contributed by atoms with Crippen molar-refractivity contribution in [2.75, 3.05) is 7.05 Å². The van der Waals surface area contributed by atoms with Crippen LogP contribution in [0.4, 0.5) is 0 Å². The van der Waals surface area contributed by atoms with Crippen molar-refractivity contribution in [2.24, 2.45) is 11.7 Å². The topological polar surface area (TPSA) is 131 Å². The summed E-state index contributed by atoms with van der Waals surface area (Å²) >= 11 is 0. The molecule has 8 nitrogen and oxygen atoms in total. The van der Waals surface area contributed by atoms with E-state index in [0.717, 1.165) is 0 Å². The summed E-state index contributed by atoms with van der Waals surface area (Å²) in [6, 6.07) is 2.97. The van der Waals surface area contributed by atoms with Crippen LogP contribution in [0.2, 0.25) is 0 Å². The van der Waals surface area contributed by atoms with Crippen LogP contribution in [0.15, 0.2) is 18.3 Å². The number of carbonyl (C=O) groups excluding carboxylic acids is 4. The number of rotatable bonds is 6. The number of Topliss-reactive ketones (excluding diaryl/α,β-unsaturated/α-hetero) is 1. The van der Waals surface area contributed by atoms with Crippen LogP contribution in [0.3, 0.4) is 0 Å². The summed E-state index contributed by atoms with van der Waals surface area (Å²) < 4.78 is 0. The molecule has 0 radical (unpaired) electrons. The van der Waals surface area contributed by atoms with Crippen LogP contribution in [-0.2, 0) is 14.4 Å². The van der Waals surface area contributed by atoms with Crippen molar-refractivity contribution in [2.45, 2.75) is 31.7 Å². The molecule has 0 unspecified atom stereocenters. The van der Waals surface area contributed by atoms with Crippen LogP contribution >= 0.6 is 0 Å². The first-order valence-electron chi connectivity index (χ1n) is 7.66. The van der Waals surface area contributed by atoms with Gasteiger partial charge in [0.1, 0.15) is 0 Å². The maximum absolute atomic E-state index is 12.5. The Bertz CT molecular complexity index is 688. The fourth-order valence-electron chi connectivity index (χ4n) is 2.97. The molecule has 1 aromatic rings. The van der Waals surface area contributed by atoms with Gasteiger partial charge in [0.2, 0.25) is 11.7 Å². The average Bonchev–Trinajstić information content (AvgIpc) is 2.88. The Balaban J connectivity index is 2.40. The highest BCUT2D eigenvalue weighted by molar-refractivity contribution is 6.38. The highest BCUT2D eigenvalue weighted by Crippen LogP contribution is 2.30. The predicted molar refractivity (Wildman–Crippen MR) is 84.9 cm³/mol. The van der Waals surface area contributed by atoms with Crippen LogP contribution < -0.4 is 16.4 Å². The van der Waals surface area contributed by atoms with Gasteiger partial charge in [0.15, 0.2) is 0 Å². The normalized spacial score (nSPS) is 21.0. The number of aromatic nitrogens is 1. The van der Waals surface area contributed by atoms with Gasteiger partial charge in [-0.2, -0.15) is 0 Å². The number of likely N-dealkylation sites (N-methyl/N-ethyl adjacent to an activating group) is 1. The number of primary amides is 1. The van der Waals surface area contributed by atoms with E-state index in [9.17, 15) is 19.2 Å². The van der Waals surface area contributed by atoms with E-state index in [-0.39, 0.29) is 29.6 Å². The summed E-state index contributed by atoms with van der Waals surface area (Å²) in [5.74, 6) is -3.89. The molecule has 0 saturated carbocycles. The highest BCUT2D eigenvalue weighted by atomic mass is 16.2. The Kier molecular flexibility index (Phi) is 5.28. The molecule has 1 fully saturated rings. The lowest BCUT2D eigenvalue weighted by Gasteiger charge is -2.19. The molecule has 1 aromatic heterocycles. The quantitative estimate of drug-likeness (QED) is 0.604. The first-order chi connectivity index (χ1) is 11.3. The molecule has 4 N–H and O–H groups in total. The SMILES string of the molecule is CNC(=O)C(=O)[C@@H](C[C@H]1C[C@@H](C)NC1=O)c1ncccc1C(N)=O. The molecule has 1 aliphatic rings. The van der Waals surface area contributed by atoms with Crippen molar-refractivity contribution in [3.8, 4) is 0 Å². The second-order valence-corrected chi connectivity index (χ2v) is 5.87. The van der Waals surface area contributed by atoms with Gasteiger partial charge in [-0.1, -0.05) is 0 Å². The lowest BCUT2D eigenvalue weighted by molar-refractivity contribution is -0.139. The molecular formula is C16H20N4O4. The smallest absolute Gasteiger partial charge is 0.287 e. The van der Waals surface area contributed by atoms with E-state index in [0.29, 0.717) is 6.42 Å². The standard InChI is InChI=1S/C16H20N4O4/c1-8-6-9(15(23)20-8)7-11(13(21)16(24)18-2)12-10(14(17)22)4-3-5-19-12/h3-5,8-9,11H,6-7H2,1-2H3,(H2,17,22)(H,18,24)(H,20,23)/t8-,9-,11+/m1/s1.